The normalized spacial score (nSPS) is 10.4. The zero-order valence-electron chi connectivity index (χ0n) is 11.4. The van der Waals surface area contributed by atoms with Crippen LogP contribution in [0.5, 0.6) is 0 Å². The van der Waals surface area contributed by atoms with Gasteiger partial charge in [0.15, 0.2) is 0 Å². The summed E-state index contributed by atoms with van der Waals surface area (Å²) in [6, 6.07) is 4.96. The highest BCUT2D eigenvalue weighted by molar-refractivity contribution is 5.99. The molecule has 0 bridgehead atoms. The van der Waals surface area contributed by atoms with Crippen molar-refractivity contribution in [2.45, 2.75) is 26.3 Å². The molecule has 3 N–H and O–H groups in total. The van der Waals surface area contributed by atoms with Crippen LogP contribution in [0.25, 0.3) is 0 Å². The number of rotatable bonds is 3. The average molecular weight is 287 g/mol. The van der Waals surface area contributed by atoms with Crippen LogP contribution in [0, 0.1) is 6.92 Å². The van der Waals surface area contributed by atoms with Crippen molar-refractivity contribution in [2.24, 2.45) is 5.73 Å². The molecule has 0 atom stereocenters. The molecule has 0 aliphatic carbocycles. The van der Waals surface area contributed by atoms with Crippen LogP contribution in [0.2, 0.25) is 0 Å². The minimum Gasteiger partial charge on any atom is -0.465 e. The lowest BCUT2D eigenvalue weighted by Gasteiger charge is -2.19. The van der Waals surface area contributed by atoms with E-state index in [9.17, 15) is 9.59 Å². The molecule has 0 saturated heterocycles. The van der Waals surface area contributed by atoms with E-state index in [2.05, 4.69) is 10.1 Å². The third kappa shape index (κ3) is 4.54. The first-order valence-corrected chi connectivity index (χ1v) is 5.55. The zero-order valence-corrected chi connectivity index (χ0v) is 12.3. The van der Waals surface area contributed by atoms with Crippen molar-refractivity contribution < 1.29 is 14.3 Å². The largest absolute Gasteiger partial charge is 0.465 e. The predicted octanol–water partition coefficient (Wildman–Crippen LogP) is 1.88. The first kappa shape index (κ1) is 17.4. The molecule has 0 radical (unpaired) electrons. The SMILES string of the molecule is COC(=O)c1ccc(C)c(NC(=O)C(C)(C)N)c1.Cl. The van der Waals surface area contributed by atoms with Crippen molar-refractivity contribution >= 4 is 30.0 Å². The van der Waals surface area contributed by atoms with Gasteiger partial charge >= 0.3 is 5.97 Å². The Hall–Kier alpha value is -1.59. The number of nitrogens with two attached hydrogens (primary N) is 1. The summed E-state index contributed by atoms with van der Waals surface area (Å²) < 4.78 is 4.63. The van der Waals surface area contributed by atoms with Gasteiger partial charge in [-0.1, -0.05) is 6.07 Å². The lowest BCUT2D eigenvalue weighted by atomic mass is 10.0. The molecule has 106 valence electrons. The highest BCUT2D eigenvalue weighted by Crippen LogP contribution is 2.18. The molecule has 1 amide bonds. The van der Waals surface area contributed by atoms with Gasteiger partial charge < -0.3 is 15.8 Å². The van der Waals surface area contributed by atoms with Gasteiger partial charge in [-0.25, -0.2) is 4.79 Å². The van der Waals surface area contributed by atoms with Crippen molar-refractivity contribution in [3.63, 3.8) is 0 Å². The molecule has 0 aliphatic heterocycles. The van der Waals surface area contributed by atoms with Crippen LogP contribution in [-0.2, 0) is 9.53 Å². The summed E-state index contributed by atoms with van der Waals surface area (Å²) in [7, 11) is 1.31. The maximum absolute atomic E-state index is 11.8. The molecule has 0 saturated carbocycles. The fourth-order valence-electron chi connectivity index (χ4n) is 1.28. The van der Waals surface area contributed by atoms with Gasteiger partial charge in [0.05, 0.1) is 18.2 Å². The van der Waals surface area contributed by atoms with E-state index in [0.717, 1.165) is 5.56 Å². The summed E-state index contributed by atoms with van der Waals surface area (Å²) in [6.07, 6.45) is 0. The van der Waals surface area contributed by atoms with Gasteiger partial charge in [-0.05, 0) is 38.5 Å². The van der Waals surface area contributed by atoms with Crippen LogP contribution in [0.15, 0.2) is 18.2 Å². The zero-order chi connectivity index (χ0) is 13.9. The average Bonchev–Trinajstić information content (AvgIpc) is 2.29. The van der Waals surface area contributed by atoms with Crippen LogP contribution in [0.4, 0.5) is 5.69 Å². The summed E-state index contributed by atoms with van der Waals surface area (Å²) in [4.78, 5) is 23.2. The van der Waals surface area contributed by atoms with E-state index in [1.54, 1.807) is 32.0 Å². The number of ether oxygens (including phenoxy) is 1. The van der Waals surface area contributed by atoms with Crippen LogP contribution in [-0.4, -0.2) is 24.5 Å². The molecule has 1 rings (SSSR count). The number of hydrogen-bond donors (Lipinski definition) is 2. The number of nitrogens with one attached hydrogen (secondary N) is 1. The van der Waals surface area contributed by atoms with Crippen molar-refractivity contribution in [1.29, 1.82) is 0 Å². The Morgan fingerprint density at radius 1 is 1.32 bits per heavy atom. The van der Waals surface area contributed by atoms with Crippen LogP contribution < -0.4 is 11.1 Å². The number of anilines is 1. The van der Waals surface area contributed by atoms with Crippen LogP contribution in [0.1, 0.15) is 29.8 Å². The lowest BCUT2D eigenvalue weighted by molar-refractivity contribution is -0.120. The highest BCUT2D eigenvalue weighted by Gasteiger charge is 2.22. The number of benzene rings is 1. The summed E-state index contributed by atoms with van der Waals surface area (Å²) in [5.74, 6) is -0.759. The van der Waals surface area contributed by atoms with E-state index in [4.69, 9.17) is 5.73 Å². The van der Waals surface area contributed by atoms with Crippen molar-refractivity contribution in [3.05, 3.63) is 29.3 Å². The second kappa shape index (κ2) is 6.54. The fraction of sp³-hybridized carbons (Fsp3) is 0.385. The molecule has 1 aromatic carbocycles. The number of aryl methyl sites for hydroxylation is 1. The standard InChI is InChI=1S/C13H18N2O3.ClH/c1-8-5-6-9(11(16)18-4)7-10(8)15-12(17)13(2,3)14;/h5-7H,14H2,1-4H3,(H,15,17);1H. The maximum Gasteiger partial charge on any atom is 0.337 e. The smallest absolute Gasteiger partial charge is 0.337 e. The number of carbonyl (C=O) groups is 2. The molecular weight excluding hydrogens is 268 g/mol. The Balaban J connectivity index is 0.00000324. The molecular formula is C13H19ClN2O3. The van der Waals surface area contributed by atoms with E-state index < -0.39 is 11.5 Å². The van der Waals surface area contributed by atoms with E-state index in [0.29, 0.717) is 11.3 Å². The van der Waals surface area contributed by atoms with Crippen LogP contribution >= 0.6 is 12.4 Å². The number of amides is 1. The Labute approximate surface area is 118 Å². The minimum absolute atomic E-state index is 0. The van der Waals surface area contributed by atoms with Crippen molar-refractivity contribution in [3.8, 4) is 0 Å². The Bertz CT molecular complexity index is 481. The molecule has 19 heavy (non-hydrogen) atoms. The first-order chi connectivity index (χ1) is 8.25. The van der Waals surface area contributed by atoms with Gasteiger partial charge in [0.2, 0.25) is 5.91 Å². The minimum atomic E-state index is -0.978. The number of carbonyl (C=O) groups excluding carboxylic acids is 2. The fourth-order valence-corrected chi connectivity index (χ4v) is 1.28. The van der Waals surface area contributed by atoms with Crippen molar-refractivity contribution in [1.82, 2.24) is 0 Å². The van der Waals surface area contributed by atoms with Gasteiger partial charge in [0.25, 0.3) is 0 Å². The van der Waals surface area contributed by atoms with Gasteiger partial charge in [0.1, 0.15) is 0 Å². The molecule has 5 nitrogen and oxygen atoms in total. The molecule has 0 aromatic heterocycles. The highest BCUT2D eigenvalue weighted by atomic mass is 35.5. The third-order valence-corrected chi connectivity index (χ3v) is 2.49. The summed E-state index contributed by atoms with van der Waals surface area (Å²) in [5, 5.41) is 2.70. The number of halogens is 1. The van der Waals surface area contributed by atoms with Gasteiger partial charge in [-0.3, -0.25) is 4.79 Å². The lowest BCUT2D eigenvalue weighted by Crippen LogP contribution is -2.45. The van der Waals surface area contributed by atoms with Gasteiger partial charge in [-0.2, -0.15) is 0 Å². The first-order valence-electron chi connectivity index (χ1n) is 5.55. The summed E-state index contributed by atoms with van der Waals surface area (Å²) >= 11 is 0. The van der Waals surface area contributed by atoms with Gasteiger partial charge in [0, 0.05) is 5.69 Å². The van der Waals surface area contributed by atoms with E-state index in [1.807, 2.05) is 6.92 Å². The Morgan fingerprint density at radius 3 is 2.37 bits per heavy atom. The predicted molar refractivity (Wildman–Crippen MR) is 76.7 cm³/mol. The van der Waals surface area contributed by atoms with E-state index in [1.165, 1.54) is 7.11 Å². The quantitative estimate of drug-likeness (QED) is 0.831. The maximum atomic E-state index is 11.8. The number of methoxy groups -OCH3 is 1. The van der Waals surface area contributed by atoms with E-state index in [-0.39, 0.29) is 18.3 Å². The molecule has 1 aromatic rings. The Morgan fingerprint density at radius 2 is 1.89 bits per heavy atom. The number of esters is 1. The molecule has 6 heteroatoms. The monoisotopic (exact) mass is 286 g/mol. The molecule has 0 spiro atoms. The van der Waals surface area contributed by atoms with Crippen molar-refractivity contribution in [2.75, 3.05) is 12.4 Å². The second-order valence-corrected chi connectivity index (χ2v) is 4.70. The van der Waals surface area contributed by atoms with E-state index >= 15 is 0 Å². The topological polar surface area (TPSA) is 81.4 Å². The second-order valence-electron chi connectivity index (χ2n) is 4.70. The summed E-state index contributed by atoms with van der Waals surface area (Å²) in [6.45, 7) is 5.06. The van der Waals surface area contributed by atoms with Gasteiger partial charge in [-0.15, -0.1) is 12.4 Å². The van der Waals surface area contributed by atoms with Crippen LogP contribution in [0.3, 0.4) is 0 Å². The molecule has 0 unspecified atom stereocenters. The third-order valence-electron chi connectivity index (χ3n) is 2.49. The molecule has 0 aliphatic rings. The molecule has 0 fully saturated rings. The molecule has 0 heterocycles. The Kier molecular flexibility index (Phi) is 5.99. The number of hydrogen-bond acceptors (Lipinski definition) is 4. The summed E-state index contributed by atoms with van der Waals surface area (Å²) in [5.41, 5.74) is 6.51.